The molecule has 0 radical (unpaired) electrons. The van der Waals surface area contributed by atoms with Gasteiger partial charge in [0.25, 0.3) is 0 Å². The first-order chi connectivity index (χ1) is 7.13. The number of hydrogen-bond donors (Lipinski definition) is 4. The smallest absolute Gasteiger partial charge is 0.143 e. The van der Waals surface area contributed by atoms with Crippen LogP contribution in [0.3, 0.4) is 0 Å². The van der Waals surface area contributed by atoms with Gasteiger partial charge in [0, 0.05) is 17.7 Å². The summed E-state index contributed by atoms with van der Waals surface area (Å²) in [6, 6.07) is 3.20. The van der Waals surface area contributed by atoms with Crippen molar-refractivity contribution in [1.82, 2.24) is 0 Å². The van der Waals surface area contributed by atoms with Crippen molar-refractivity contribution in [2.24, 2.45) is 0 Å². The molecule has 0 saturated carbocycles. The molecule has 1 aromatic rings. The molecule has 1 rings (SSSR count). The molecule has 0 fully saturated rings. The minimum absolute atomic E-state index is 0.174. The fraction of sp³-hybridized carbons (Fsp3) is 0.400. The zero-order valence-electron chi connectivity index (χ0n) is 8.60. The molecule has 5 heteroatoms. The number of aliphatic hydroxyl groups excluding tert-OH is 2. The third-order valence-corrected chi connectivity index (χ3v) is 2.32. The number of aliphatic hydroxyl groups is 2. The molecule has 0 saturated heterocycles. The summed E-state index contributed by atoms with van der Waals surface area (Å²) in [5.41, 5.74) is 13.0. The molecular formula is C10H16N2O3. The highest BCUT2D eigenvalue weighted by Crippen LogP contribution is 2.31. The normalized spacial score (nSPS) is 10.7. The molecule has 5 nitrogen and oxygen atoms in total. The van der Waals surface area contributed by atoms with Gasteiger partial charge in [-0.3, -0.25) is 0 Å². The minimum atomic E-state index is -0.404. The van der Waals surface area contributed by atoms with Crippen LogP contribution in [0, 0.1) is 0 Å². The van der Waals surface area contributed by atoms with Gasteiger partial charge < -0.3 is 26.4 Å². The van der Waals surface area contributed by atoms with Crippen LogP contribution in [0.2, 0.25) is 0 Å². The molecule has 15 heavy (non-hydrogen) atoms. The van der Waals surface area contributed by atoms with E-state index in [9.17, 15) is 0 Å². The Bertz CT molecular complexity index is 338. The van der Waals surface area contributed by atoms with Gasteiger partial charge in [0.05, 0.1) is 26.0 Å². The van der Waals surface area contributed by atoms with E-state index in [2.05, 4.69) is 0 Å². The topological polar surface area (TPSA) is 102 Å². The van der Waals surface area contributed by atoms with Gasteiger partial charge in [-0.05, 0) is 11.6 Å². The highest BCUT2D eigenvalue weighted by molar-refractivity contribution is 5.65. The van der Waals surface area contributed by atoms with E-state index in [-0.39, 0.29) is 13.2 Å². The van der Waals surface area contributed by atoms with Gasteiger partial charge in [-0.2, -0.15) is 0 Å². The van der Waals surface area contributed by atoms with Crippen LogP contribution in [-0.4, -0.2) is 30.5 Å². The first-order valence-electron chi connectivity index (χ1n) is 4.58. The molecule has 0 aromatic heterocycles. The molecule has 0 unspecified atom stereocenters. The monoisotopic (exact) mass is 212 g/mol. The molecule has 1 aromatic carbocycles. The van der Waals surface area contributed by atoms with Crippen molar-refractivity contribution < 1.29 is 14.9 Å². The zero-order chi connectivity index (χ0) is 11.4. The van der Waals surface area contributed by atoms with Crippen LogP contribution in [0.1, 0.15) is 11.5 Å². The Hall–Kier alpha value is -1.46. The van der Waals surface area contributed by atoms with E-state index >= 15 is 0 Å². The van der Waals surface area contributed by atoms with Gasteiger partial charge in [-0.15, -0.1) is 0 Å². The Labute approximate surface area is 88.3 Å². The molecule has 0 spiro atoms. The van der Waals surface area contributed by atoms with Gasteiger partial charge in [0.2, 0.25) is 0 Å². The lowest BCUT2D eigenvalue weighted by molar-refractivity contribution is 0.193. The maximum absolute atomic E-state index is 9.03. The second-order valence-electron chi connectivity index (χ2n) is 3.29. The first-order valence-corrected chi connectivity index (χ1v) is 4.58. The van der Waals surface area contributed by atoms with E-state index in [4.69, 9.17) is 26.4 Å². The van der Waals surface area contributed by atoms with Crippen molar-refractivity contribution in [3.8, 4) is 5.75 Å². The Morgan fingerprint density at radius 3 is 2.27 bits per heavy atom. The maximum Gasteiger partial charge on any atom is 0.143 e. The van der Waals surface area contributed by atoms with Crippen molar-refractivity contribution in [3.63, 3.8) is 0 Å². The molecule has 0 atom stereocenters. The number of nitrogen functional groups attached to an aromatic ring is 2. The summed E-state index contributed by atoms with van der Waals surface area (Å²) in [5.74, 6) is 0.0871. The zero-order valence-corrected chi connectivity index (χ0v) is 8.60. The lowest BCUT2D eigenvalue weighted by Crippen LogP contribution is -2.12. The summed E-state index contributed by atoms with van der Waals surface area (Å²) in [4.78, 5) is 0. The molecule has 0 aliphatic carbocycles. The third-order valence-electron chi connectivity index (χ3n) is 2.32. The van der Waals surface area contributed by atoms with Crippen molar-refractivity contribution in [1.29, 1.82) is 0 Å². The summed E-state index contributed by atoms with van der Waals surface area (Å²) in [6.07, 6.45) is 0. The SMILES string of the molecule is COc1cc(N)c(C(CO)CO)cc1N. The lowest BCUT2D eigenvalue weighted by Gasteiger charge is -2.16. The van der Waals surface area contributed by atoms with Crippen LogP contribution in [0.15, 0.2) is 12.1 Å². The third kappa shape index (κ3) is 2.31. The largest absolute Gasteiger partial charge is 0.495 e. The van der Waals surface area contributed by atoms with Crippen LogP contribution in [0.4, 0.5) is 11.4 Å². The fourth-order valence-corrected chi connectivity index (χ4v) is 1.41. The van der Waals surface area contributed by atoms with Gasteiger partial charge in [0.15, 0.2) is 0 Å². The van der Waals surface area contributed by atoms with Crippen LogP contribution < -0.4 is 16.2 Å². The Morgan fingerprint density at radius 2 is 1.80 bits per heavy atom. The molecule has 0 amide bonds. The van der Waals surface area contributed by atoms with E-state index in [1.54, 1.807) is 12.1 Å². The quantitative estimate of drug-likeness (QED) is 0.523. The van der Waals surface area contributed by atoms with E-state index in [0.717, 1.165) is 0 Å². The van der Waals surface area contributed by atoms with Gasteiger partial charge in [-0.25, -0.2) is 0 Å². The van der Waals surface area contributed by atoms with E-state index < -0.39 is 5.92 Å². The standard InChI is InChI=1S/C10H16N2O3/c1-15-10-3-8(11)7(2-9(10)12)6(4-13)5-14/h2-3,6,13-14H,4-5,11-12H2,1H3. The molecular weight excluding hydrogens is 196 g/mol. The molecule has 84 valence electrons. The number of nitrogens with two attached hydrogens (primary N) is 2. The molecule has 0 bridgehead atoms. The van der Waals surface area contributed by atoms with Crippen LogP contribution >= 0.6 is 0 Å². The lowest BCUT2D eigenvalue weighted by atomic mass is 9.98. The van der Waals surface area contributed by atoms with Gasteiger partial charge >= 0.3 is 0 Å². The predicted molar refractivity (Wildman–Crippen MR) is 58.7 cm³/mol. The minimum Gasteiger partial charge on any atom is -0.495 e. The summed E-state index contributed by atoms with van der Waals surface area (Å²) in [5, 5.41) is 18.1. The van der Waals surface area contributed by atoms with E-state index in [1.165, 1.54) is 7.11 Å². The number of ether oxygens (including phenoxy) is 1. The summed E-state index contributed by atoms with van der Waals surface area (Å²) in [7, 11) is 1.50. The van der Waals surface area contributed by atoms with Gasteiger partial charge in [0.1, 0.15) is 5.75 Å². The maximum atomic E-state index is 9.03. The number of rotatable bonds is 4. The Balaban J connectivity index is 3.14. The number of anilines is 2. The average molecular weight is 212 g/mol. The van der Waals surface area contributed by atoms with Crippen LogP contribution in [0.25, 0.3) is 0 Å². The summed E-state index contributed by atoms with van der Waals surface area (Å²) >= 11 is 0. The van der Waals surface area contributed by atoms with E-state index in [0.29, 0.717) is 22.7 Å². The Kier molecular flexibility index (Phi) is 3.76. The van der Waals surface area contributed by atoms with Crippen molar-refractivity contribution in [2.45, 2.75) is 5.92 Å². The molecule has 0 aliphatic rings. The first kappa shape index (κ1) is 11.6. The molecule has 0 heterocycles. The number of hydrogen-bond acceptors (Lipinski definition) is 5. The summed E-state index contributed by atoms with van der Waals surface area (Å²) in [6.45, 7) is -0.348. The number of benzene rings is 1. The number of methoxy groups -OCH3 is 1. The van der Waals surface area contributed by atoms with E-state index in [1.807, 2.05) is 0 Å². The Morgan fingerprint density at radius 1 is 1.20 bits per heavy atom. The predicted octanol–water partition coefficient (Wildman–Crippen LogP) is -0.0722. The second kappa shape index (κ2) is 4.86. The fourth-order valence-electron chi connectivity index (χ4n) is 1.41. The van der Waals surface area contributed by atoms with Crippen molar-refractivity contribution >= 4 is 11.4 Å². The van der Waals surface area contributed by atoms with Crippen molar-refractivity contribution in [3.05, 3.63) is 17.7 Å². The second-order valence-corrected chi connectivity index (χ2v) is 3.29. The highest BCUT2D eigenvalue weighted by atomic mass is 16.5. The molecule has 0 aliphatic heterocycles. The van der Waals surface area contributed by atoms with Crippen LogP contribution in [0.5, 0.6) is 5.75 Å². The average Bonchev–Trinajstić information content (AvgIpc) is 2.24. The van der Waals surface area contributed by atoms with Crippen LogP contribution in [-0.2, 0) is 0 Å². The van der Waals surface area contributed by atoms with Crippen molar-refractivity contribution in [2.75, 3.05) is 31.8 Å². The molecule has 6 N–H and O–H groups in total. The highest BCUT2D eigenvalue weighted by Gasteiger charge is 2.14. The summed E-state index contributed by atoms with van der Waals surface area (Å²) < 4.78 is 5.00. The van der Waals surface area contributed by atoms with Gasteiger partial charge in [-0.1, -0.05) is 0 Å².